The summed E-state index contributed by atoms with van der Waals surface area (Å²) in [5.41, 5.74) is 5.74. The Morgan fingerprint density at radius 3 is 2.27 bits per heavy atom. The highest BCUT2D eigenvalue weighted by Gasteiger charge is 2.21. The average Bonchev–Trinajstić information content (AvgIpc) is 2.99. The molecule has 22 heavy (non-hydrogen) atoms. The van der Waals surface area contributed by atoms with Crippen molar-refractivity contribution < 1.29 is 0 Å². The molecule has 1 heteroatoms. The van der Waals surface area contributed by atoms with Crippen LogP contribution >= 0.6 is 7.92 Å². The molecule has 0 heterocycles. The molecule has 0 fully saturated rings. The van der Waals surface area contributed by atoms with Gasteiger partial charge in [-0.3, -0.25) is 0 Å². The zero-order chi connectivity index (χ0) is 15.4. The molecule has 0 amide bonds. The summed E-state index contributed by atoms with van der Waals surface area (Å²) in [6, 6.07) is 17.6. The SMILES string of the molecule is CCCP(CCC)C1=Cc2c(cccc2-c2ccccc2)C1. The maximum absolute atomic E-state index is 2.52. The van der Waals surface area contributed by atoms with Gasteiger partial charge < -0.3 is 0 Å². The van der Waals surface area contributed by atoms with Gasteiger partial charge in [-0.05, 0) is 46.3 Å². The fourth-order valence-electron chi connectivity index (χ4n) is 3.36. The first kappa shape index (κ1) is 15.5. The zero-order valence-corrected chi connectivity index (χ0v) is 14.6. The van der Waals surface area contributed by atoms with Crippen molar-refractivity contribution in [3.05, 3.63) is 65.0 Å². The largest absolute Gasteiger partial charge is 0.0794 e. The van der Waals surface area contributed by atoms with Gasteiger partial charge in [0.05, 0.1) is 0 Å². The second-order valence-corrected chi connectivity index (χ2v) is 8.59. The Kier molecular flexibility index (Phi) is 5.11. The Balaban J connectivity index is 1.96. The van der Waals surface area contributed by atoms with Crippen LogP contribution in [0, 0.1) is 0 Å². The maximum atomic E-state index is 2.52. The Morgan fingerprint density at radius 1 is 0.864 bits per heavy atom. The van der Waals surface area contributed by atoms with E-state index >= 15 is 0 Å². The first-order valence-corrected chi connectivity index (χ1v) is 10.2. The van der Waals surface area contributed by atoms with Crippen molar-refractivity contribution >= 4 is 14.0 Å². The lowest BCUT2D eigenvalue weighted by atomic mass is 9.97. The third kappa shape index (κ3) is 3.18. The highest BCUT2D eigenvalue weighted by molar-refractivity contribution is 7.62. The highest BCUT2D eigenvalue weighted by atomic mass is 31.1. The van der Waals surface area contributed by atoms with Crippen LogP contribution in [0.3, 0.4) is 0 Å². The number of hydrogen-bond acceptors (Lipinski definition) is 0. The number of fused-ring (bicyclic) bond motifs is 1. The summed E-state index contributed by atoms with van der Waals surface area (Å²) in [4.78, 5) is 0. The van der Waals surface area contributed by atoms with E-state index in [1.807, 2.05) is 0 Å². The van der Waals surface area contributed by atoms with Gasteiger partial charge in [0.1, 0.15) is 0 Å². The van der Waals surface area contributed by atoms with Crippen molar-refractivity contribution in [1.29, 1.82) is 0 Å². The molecule has 0 aromatic heterocycles. The summed E-state index contributed by atoms with van der Waals surface area (Å²) >= 11 is 0. The molecule has 1 aliphatic rings. The third-order valence-electron chi connectivity index (χ3n) is 4.36. The summed E-state index contributed by atoms with van der Waals surface area (Å²) in [6.07, 6.45) is 9.11. The molecule has 0 saturated carbocycles. The van der Waals surface area contributed by atoms with E-state index in [2.05, 4.69) is 68.5 Å². The molecule has 0 spiro atoms. The van der Waals surface area contributed by atoms with Gasteiger partial charge in [0.15, 0.2) is 0 Å². The number of benzene rings is 2. The Morgan fingerprint density at radius 2 is 1.59 bits per heavy atom. The van der Waals surface area contributed by atoms with Gasteiger partial charge in [-0.1, -0.05) is 89.2 Å². The van der Waals surface area contributed by atoms with Crippen LogP contribution < -0.4 is 0 Å². The van der Waals surface area contributed by atoms with Crippen molar-refractivity contribution in [2.24, 2.45) is 0 Å². The van der Waals surface area contributed by atoms with E-state index in [1.165, 1.54) is 53.8 Å². The van der Waals surface area contributed by atoms with E-state index in [0.29, 0.717) is 0 Å². The van der Waals surface area contributed by atoms with Crippen LogP contribution in [0.15, 0.2) is 53.8 Å². The number of allylic oxidation sites excluding steroid dienone is 1. The molecular weight excluding hydrogens is 283 g/mol. The van der Waals surface area contributed by atoms with E-state index < -0.39 is 0 Å². The van der Waals surface area contributed by atoms with Crippen molar-refractivity contribution in [3.8, 4) is 11.1 Å². The van der Waals surface area contributed by atoms with Crippen LogP contribution in [-0.2, 0) is 6.42 Å². The maximum Gasteiger partial charge on any atom is -0.00149 e. The summed E-state index contributed by atoms with van der Waals surface area (Å²) < 4.78 is 0. The summed E-state index contributed by atoms with van der Waals surface area (Å²) in [5, 5.41) is 1.72. The lowest BCUT2D eigenvalue weighted by Gasteiger charge is -2.17. The van der Waals surface area contributed by atoms with E-state index in [1.54, 1.807) is 5.31 Å². The molecule has 1 aliphatic carbocycles. The predicted molar refractivity (Wildman–Crippen MR) is 101 cm³/mol. The quantitative estimate of drug-likeness (QED) is 0.531. The lowest BCUT2D eigenvalue weighted by molar-refractivity contribution is 1.05. The fourth-order valence-corrected chi connectivity index (χ4v) is 5.95. The standard InChI is InChI=1S/C21H25P/c1-3-13-22(14-4-2)19-15-18-11-8-12-20(21(18)16-19)17-9-6-5-7-10-17/h5-12,16H,3-4,13-15H2,1-2H3. The van der Waals surface area contributed by atoms with Crippen LogP contribution in [0.1, 0.15) is 37.8 Å². The summed E-state index contributed by atoms with van der Waals surface area (Å²) in [6.45, 7) is 4.64. The summed E-state index contributed by atoms with van der Waals surface area (Å²) in [7, 11) is 0.0715. The molecule has 0 saturated heterocycles. The molecule has 0 unspecified atom stereocenters. The fraction of sp³-hybridized carbons (Fsp3) is 0.333. The molecule has 0 radical (unpaired) electrons. The second kappa shape index (κ2) is 7.25. The normalized spacial score (nSPS) is 13.3. The second-order valence-electron chi connectivity index (χ2n) is 6.04. The average molecular weight is 308 g/mol. The van der Waals surface area contributed by atoms with Crippen molar-refractivity contribution in [3.63, 3.8) is 0 Å². The monoisotopic (exact) mass is 308 g/mol. The summed E-state index contributed by atoms with van der Waals surface area (Å²) in [5.74, 6) is 0. The van der Waals surface area contributed by atoms with Crippen LogP contribution in [0.5, 0.6) is 0 Å². The minimum absolute atomic E-state index is 0.0715. The van der Waals surface area contributed by atoms with Gasteiger partial charge in [0, 0.05) is 0 Å². The van der Waals surface area contributed by atoms with Crippen LogP contribution in [0.4, 0.5) is 0 Å². The van der Waals surface area contributed by atoms with Gasteiger partial charge in [-0.25, -0.2) is 0 Å². The molecule has 2 aromatic rings. The highest BCUT2D eigenvalue weighted by Crippen LogP contribution is 2.51. The van der Waals surface area contributed by atoms with E-state index in [9.17, 15) is 0 Å². The minimum atomic E-state index is 0.0715. The van der Waals surface area contributed by atoms with E-state index in [-0.39, 0.29) is 7.92 Å². The molecule has 3 rings (SSSR count). The molecule has 114 valence electrons. The molecule has 0 N–H and O–H groups in total. The van der Waals surface area contributed by atoms with E-state index in [0.717, 1.165) is 0 Å². The minimum Gasteiger partial charge on any atom is -0.0794 e. The third-order valence-corrected chi connectivity index (χ3v) is 7.43. The molecule has 0 nitrogen and oxygen atoms in total. The first-order chi connectivity index (χ1) is 10.8. The van der Waals surface area contributed by atoms with Crippen molar-refractivity contribution in [1.82, 2.24) is 0 Å². The van der Waals surface area contributed by atoms with Gasteiger partial charge in [-0.2, -0.15) is 0 Å². The van der Waals surface area contributed by atoms with Gasteiger partial charge in [-0.15, -0.1) is 0 Å². The van der Waals surface area contributed by atoms with Gasteiger partial charge >= 0.3 is 0 Å². The topological polar surface area (TPSA) is 0 Å². The van der Waals surface area contributed by atoms with Crippen molar-refractivity contribution in [2.45, 2.75) is 33.1 Å². The molecule has 0 bridgehead atoms. The molecule has 0 aliphatic heterocycles. The van der Waals surface area contributed by atoms with Gasteiger partial charge in [0.25, 0.3) is 0 Å². The Hall–Kier alpha value is -1.39. The Labute approximate surface area is 136 Å². The van der Waals surface area contributed by atoms with E-state index in [4.69, 9.17) is 0 Å². The first-order valence-electron chi connectivity index (χ1n) is 8.46. The Bertz CT molecular complexity index is 649. The lowest BCUT2D eigenvalue weighted by Crippen LogP contribution is -1.93. The smallest absolute Gasteiger partial charge is 0.00149 e. The number of hydrogen-bond donors (Lipinski definition) is 0. The number of rotatable bonds is 6. The molecular formula is C21H25P. The zero-order valence-electron chi connectivity index (χ0n) is 13.7. The molecule has 0 atom stereocenters. The molecule has 2 aromatic carbocycles. The predicted octanol–water partition coefficient (Wildman–Crippen LogP) is 6.55. The van der Waals surface area contributed by atoms with Gasteiger partial charge in [0.2, 0.25) is 0 Å². The van der Waals surface area contributed by atoms with Crippen molar-refractivity contribution in [2.75, 3.05) is 12.3 Å². The van der Waals surface area contributed by atoms with Crippen LogP contribution in [0.25, 0.3) is 17.2 Å². The van der Waals surface area contributed by atoms with Crippen LogP contribution in [0.2, 0.25) is 0 Å². The van der Waals surface area contributed by atoms with Crippen LogP contribution in [-0.4, -0.2) is 12.3 Å².